The van der Waals surface area contributed by atoms with Gasteiger partial charge in [-0.25, -0.2) is 13.2 Å². The molecule has 154 valence electrons. The highest BCUT2D eigenvalue weighted by molar-refractivity contribution is 5.92. The number of rotatable bonds is 3. The Morgan fingerprint density at radius 2 is 1.67 bits per heavy atom. The maximum atomic E-state index is 15.0. The Balaban J connectivity index is 1.78. The van der Waals surface area contributed by atoms with Crippen molar-refractivity contribution in [2.24, 2.45) is 0 Å². The van der Waals surface area contributed by atoms with Gasteiger partial charge in [-0.3, -0.25) is 0 Å². The van der Waals surface area contributed by atoms with Crippen LogP contribution in [0.1, 0.15) is 11.1 Å². The van der Waals surface area contributed by atoms with Gasteiger partial charge < -0.3 is 14.7 Å². The van der Waals surface area contributed by atoms with Gasteiger partial charge in [-0.15, -0.1) is 0 Å². The number of likely N-dealkylation sites (N-methyl/N-ethyl adjacent to an activating group) is 1. The predicted octanol–water partition coefficient (Wildman–Crippen LogP) is 4.30. The summed E-state index contributed by atoms with van der Waals surface area (Å²) < 4.78 is 43.5. The van der Waals surface area contributed by atoms with Crippen molar-refractivity contribution in [3.05, 3.63) is 77.3 Å². The molecule has 30 heavy (non-hydrogen) atoms. The van der Waals surface area contributed by atoms with Crippen LogP contribution in [0.25, 0.3) is 5.57 Å². The topological polar surface area (TPSA) is 33.5 Å². The standard InChI is InChI=1S/C23H21F3N4/c1-15-16(12-27)13-30(14-18-19(24)4-3-5-20(18)25)22-11-23(21(26)10-17(15)22)29-8-6-28(2)7-9-29/h3-5,10-11,13H,1,6-9,14H2,2H3. The Hall–Kier alpha value is -3.24. The number of allylic oxidation sites excluding steroid dienone is 2. The zero-order valence-electron chi connectivity index (χ0n) is 16.6. The van der Waals surface area contributed by atoms with E-state index >= 15 is 4.39 Å². The molecule has 2 aliphatic heterocycles. The molecule has 7 heteroatoms. The Bertz CT molecular complexity index is 1060. The van der Waals surface area contributed by atoms with E-state index in [2.05, 4.69) is 11.5 Å². The number of piperazine rings is 1. The number of nitriles is 1. The molecule has 0 radical (unpaired) electrons. The third-order valence-electron chi connectivity index (χ3n) is 5.66. The zero-order valence-corrected chi connectivity index (χ0v) is 16.6. The van der Waals surface area contributed by atoms with Crippen LogP contribution in [0.3, 0.4) is 0 Å². The van der Waals surface area contributed by atoms with Crippen molar-refractivity contribution in [2.45, 2.75) is 6.54 Å². The molecular formula is C23H21F3N4. The van der Waals surface area contributed by atoms with Crippen molar-refractivity contribution in [2.75, 3.05) is 43.0 Å². The zero-order chi connectivity index (χ0) is 21.4. The quantitative estimate of drug-likeness (QED) is 0.756. The maximum absolute atomic E-state index is 15.0. The highest BCUT2D eigenvalue weighted by Gasteiger charge is 2.27. The molecule has 4 nitrogen and oxygen atoms in total. The number of hydrogen-bond donors (Lipinski definition) is 0. The second kappa shape index (κ2) is 7.88. The lowest BCUT2D eigenvalue weighted by Crippen LogP contribution is -2.44. The monoisotopic (exact) mass is 410 g/mol. The first-order valence-corrected chi connectivity index (χ1v) is 9.67. The normalized spacial score (nSPS) is 16.9. The van der Waals surface area contributed by atoms with Gasteiger partial charge in [0.25, 0.3) is 0 Å². The summed E-state index contributed by atoms with van der Waals surface area (Å²) in [5.41, 5.74) is 1.95. The molecule has 2 aliphatic rings. The molecule has 2 aromatic rings. The molecule has 0 saturated carbocycles. The summed E-state index contributed by atoms with van der Waals surface area (Å²) >= 11 is 0. The number of anilines is 2. The SMILES string of the molecule is C=C1C(C#N)=CN(Cc2c(F)cccc2F)c2cc(N3CCN(C)CC3)c(F)cc21. The van der Waals surface area contributed by atoms with Crippen molar-refractivity contribution in [1.82, 2.24) is 4.90 Å². The molecule has 1 fully saturated rings. The van der Waals surface area contributed by atoms with Crippen LogP contribution in [-0.2, 0) is 6.54 Å². The summed E-state index contributed by atoms with van der Waals surface area (Å²) in [4.78, 5) is 5.72. The average Bonchev–Trinajstić information content (AvgIpc) is 2.73. The van der Waals surface area contributed by atoms with Crippen molar-refractivity contribution >= 4 is 16.9 Å². The van der Waals surface area contributed by atoms with E-state index in [-0.39, 0.29) is 17.7 Å². The largest absolute Gasteiger partial charge is 0.367 e. The lowest BCUT2D eigenvalue weighted by Gasteiger charge is -2.36. The van der Waals surface area contributed by atoms with Crippen LogP contribution in [-0.4, -0.2) is 38.1 Å². The number of benzene rings is 2. The van der Waals surface area contributed by atoms with Gasteiger partial charge in [0.1, 0.15) is 23.5 Å². The van der Waals surface area contributed by atoms with Crippen molar-refractivity contribution in [3.8, 4) is 6.07 Å². The van der Waals surface area contributed by atoms with Gasteiger partial charge in [0.15, 0.2) is 0 Å². The van der Waals surface area contributed by atoms with Crippen LogP contribution in [0.4, 0.5) is 24.5 Å². The molecule has 0 bridgehead atoms. The fraction of sp³-hybridized carbons (Fsp3) is 0.261. The molecule has 1 saturated heterocycles. The Morgan fingerprint density at radius 3 is 2.30 bits per heavy atom. The molecule has 2 aromatic carbocycles. The predicted molar refractivity (Wildman–Crippen MR) is 111 cm³/mol. The molecule has 0 spiro atoms. The summed E-state index contributed by atoms with van der Waals surface area (Å²) in [6.07, 6.45) is 1.52. The third-order valence-corrected chi connectivity index (χ3v) is 5.66. The second-order valence-corrected chi connectivity index (χ2v) is 7.57. The van der Waals surface area contributed by atoms with Crippen LogP contribution < -0.4 is 9.80 Å². The molecule has 0 aromatic heterocycles. The minimum atomic E-state index is -0.672. The van der Waals surface area contributed by atoms with Gasteiger partial charge in [0.2, 0.25) is 0 Å². The fourth-order valence-electron chi connectivity index (χ4n) is 3.85. The fourth-order valence-corrected chi connectivity index (χ4v) is 3.85. The van der Waals surface area contributed by atoms with Crippen LogP contribution in [0.15, 0.2) is 48.7 Å². The summed E-state index contributed by atoms with van der Waals surface area (Å²) in [6.45, 7) is 6.77. The van der Waals surface area contributed by atoms with E-state index in [1.165, 1.54) is 30.5 Å². The maximum Gasteiger partial charge on any atom is 0.147 e. The number of fused-ring (bicyclic) bond motifs is 1. The third kappa shape index (κ3) is 3.55. The molecule has 0 atom stereocenters. The first-order chi connectivity index (χ1) is 14.4. The van der Waals surface area contributed by atoms with E-state index in [1.54, 1.807) is 11.0 Å². The minimum absolute atomic E-state index is 0.116. The second-order valence-electron chi connectivity index (χ2n) is 7.57. The molecule has 2 heterocycles. The molecule has 0 aliphatic carbocycles. The van der Waals surface area contributed by atoms with Gasteiger partial charge in [-0.05, 0) is 36.9 Å². The Labute approximate surface area is 173 Å². The summed E-state index contributed by atoms with van der Waals surface area (Å²) in [5, 5.41) is 9.47. The highest BCUT2D eigenvalue weighted by Crippen LogP contribution is 2.40. The average molecular weight is 410 g/mol. The van der Waals surface area contributed by atoms with Crippen LogP contribution >= 0.6 is 0 Å². The van der Waals surface area contributed by atoms with Gasteiger partial charge in [-0.1, -0.05) is 12.6 Å². The van der Waals surface area contributed by atoms with E-state index in [1.807, 2.05) is 18.0 Å². The summed E-state index contributed by atoms with van der Waals surface area (Å²) in [5.74, 6) is -1.75. The lowest BCUT2D eigenvalue weighted by atomic mass is 9.94. The molecule has 0 N–H and O–H groups in total. The van der Waals surface area contributed by atoms with Gasteiger partial charge in [0, 0.05) is 43.5 Å². The van der Waals surface area contributed by atoms with Crippen LogP contribution in [0.2, 0.25) is 0 Å². The van der Waals surface area contributed by atoms with E-state index in [0.29, 0.717) is 35.6 Å². The van der Waals surface area contributed by atoms with Crippen LogP contribution in [0, 0.1) is 28.8 Å². The Kier molecular flexibility index (Phi) is 5.27. The molecular weight excluding hydrogens is 389 g/mol. The minimum Gasteiger partial charge on any atom is -0.367 e. The van der Waals surface area contributed by atoms with Gasteiger partial charge in [-0.2, -0.15) is 5.26 Å². The summed E-state index contributed by atoms with van der Waals surface area (Å²) in [6, 6.07) is 8.77. The first-order valence-electron chi connectivity index (χ1n) is 9.67. The number of hydrogen-bond acceptors (Lipinski definition) is 4. The van der Waals surface area contributed by atoms with Crippen molar-refractivity contribution in [1.29, 1.82) is 5.26 Å². The lowest BCUT2D eigenvalue weighted by molar-refractivity contribution is 0.311. The van der Waals surface area contributed by atoms with E-state index in [4.69, 9.17) is 0 Å². The first kappa shape index (κ1) is 20.0. The Morgan fingerprint density at radius 1 is 1.00 bits per heavy atom. The number of nitrogens with zero attached hydrogens (tertiary/aromatic N) is 4. The van der Waals surface area contributed by atoms with Crippen molar-refractivity contribution in [3.63, 3.8) is 0 Å². The van der Waals surface area contributed by atoms with E-state index < -0.39 is 17.5 Å². The highest BCUT2D eigenvalue weighted by atomic mass is 19.1. The summed E-state index contributed by atoms with van der Waals surface area (Å²) in [7, 11) is 2.02. The van der Waals surface area contributed by atoms with Gasteiger partial charge in [0.05, 0.1) is 23.5 Å². The van der Waals surface area contributed by atoms with Crippen molar-refractivity contribution < 1.29 is 13.2 Å². The van der Waals surface area contributed by atoms with Gasteiger partial charge >= 0.3 is 0 Å². The number of halogens is 3. The molecule has 4 rings (SSSR count). The van der Waals surface area contributed by atoms with E-state index in [0.717, 1.165) is 13.1 Å². The van der Waals surface area contributed by atoms with E-state index in [9.17, 15) is 14.0 Å². The van der Waals surface area contributed by atoms with Crippen LogP contribution in [0.5, 0.6) is 0 Å². The smallest absolute Gasteiger partial charge is 0.147 e. The molecule has 0 amide bonds. The molecule has 0 unspecified atom stereocenters.